The van der Waals surface area contributed by atoms with E-state index >= 15 is 0 Å². The van der Waals surface area contributed by atoms with Crippen LogP contribution in [0.1, 0.15) is 43.6 Å². The molecule has 7 heteroatoms. The second-order valence-electron chi connectivity index (χ2n) is 7.44. The Morgan fingerprint density at radius 2 is 1.76 bits per heavy atom. The average Bonchev–Trinajstić information content (AvgIpc) is 2.66. The Morgan fingerprint density at radius 1 is 1.07 bits per heavy atom. The smallest absolute Gasteiger partial charge is 0.414 e. The first-order valence-corrected chi connectivity index (χ1v) is 9.48. The van der Waals surface area contributed by atoms with E-state index in [1.165, 1.54) is 0 Å². The van der Waals surface area contributed by atoms with Gasteiger partial charge in [-0.05, 0) is 57.5 Å². The van der Waals surface area contributed by atoms with Crippen molar-refractivity contribution in [3.63, 3.8) is 0 Å². The van der Waals surface area contributed by atoms with Crippen LogP contribution in [0.3, 0.4) is 0 Å². The normalized spacial score (nSPS) is 10.8. The number of guanidine groups is 1. The Morgan fingerprint density at radius 3 is 2.38 bits per heavy atom. The number of hydrogen-bond donors (Lipinski definition) is 3. The van der Waals surface area contributed by atoms with Gasteiger partial charge in [0.05, 0.1) is 0 Å². The molecule has 2 amide bonds. The first-order valence-electron chi connectivity index (χ1n) is 9.48. The zero-order valence-electron chi connectivity index (χ0n) is 17.3. The first-order chi connectivity index (χ1) is 13.7. The number of nitrogens with zero attached hydrogens (tertiary/aromatic N) is 1. The quantitative estimate of drug-likeness (QED) is 0.528. The van der Waals surface area contributed by atoms with Gasteiger partial charge in [-0.1, -0.05) is 30.3 Å². The van der Waals surface area contributed by atoms with Crippen LogP contribution in [0.5, 0.6) is 0 Å². The summed E-state index contributed by atoms with van der Waals surface area (Å²) in [6, 6.07) is 16.5. The predicted molar refractivity (Wildman–Crippen MR) is 114 cm³/mol. The van der Waals surface area contributed by atoms with Gasteiger partial charge in [0.25, 0.3) is 5.91 Å². The maximum Gasteiger partial charge on any atom is 0.414 e. The molecule has 0 radical (unpaired) electrons. The van der Waals surface area contributed by atoms with Crippen molar-refractivity contribution in [1.29, 1.82) is 5.41 Å². The molecule has 0 aliphatic carbocycles. The highest BCUT2D eigenvalue weighted by atomic mass is 16.6. The number of carbonyl (C=O) groups excluding carboxylic acids is 2. The van der Waals surface area contributed by atoms with Gasteiger partial charge in [0.15, 0.2) is 0 Å². The van der Waals surface area contributed by atoms with E-state index < -0.39 is 11.7 Å². The van der Waals surface area contributed by atoms with Gasteiger partial charge < -0.3 is 15.0 Å². The first kappa shape index (κ1) is 21.9. The van der Waals surface area contributed by atoms with Gasteiger partial charge in [-0.3, -0.25) is 15.5 Å². The van der Waals surface area contributed by atoms with Gasteiger partial charge >= 0.3 is 6.09 Å². The van der Waals surface area contributed by atoms with Gasteiger partial charge in [0.2, 0.25) is 5.96 Å². The highest BCUT2D eigenvalue weighted by Crippen LogP contribution is 2.17. The van der Waals surface area contributed by atoms with Gasteiger partial charge in [-0.2, -0.15) is 0 Å². The number of anilines is 1. The standard InChI is InChI=1S/C22H28N4O3/c1-5-26(20(23)25-21(28)29-22(2,3)4)18-13-9-10-16(14-18)15-24-19(27)17-11-7-6-8-12-17/h6-14H,5,15H2,1-4H3,(H,24,27)(H2,23,25,28). The second-order valence-corrected chi connectivity index (χ2v) is 7.44. The van der Waals surface area contributed by atoms with E-state index in [0.717, 1.165) is 11.3 Å². The Labute approximate surface area is 171 Å². The summed E-state index contributed by atoms with van der Waals surface area (Å²) < 4.78 is 5.20. The zero-order chi connectivity index (χ0) is 21.4. The SMILES string of the molecule is CCN(C(=N)NC(=O)OC(C)(C)C)c1cccc(CNC(=O)c2ccccc2)c1. The molecule has 0 atom stereocenters. The lowest BCUT2D eigenvalue weighted by molar-refractivity contribution is 0.0561. The summed E-state index contributed by atoms with van der Waals surface area (Å²) in [6.45, 7) is 8.01. The van der Waals surface area contributed by atoms with Crippen molar-refractivity contribution in [1.82, 2.24) is 10.6 Å². The van der Waals surface area contributed by atoms with Crippen molar-refractivity contribution in [2.24, 2.45) is 0 Å². The van der Waals surface area contributed by atoms with Crippen LogP contribution < -0.4 is 15.5 Å². The number of alkyl carbamates (subject to hydrolysis) is 1. The predicted octanol–water partition coefficient (Wildman–Crippen LogP) is 3.90. The molecule has 0 fully saturated rings. The van der Waals surface area contributed by atoms with Gasteiger partial charge in [-0.15, -0.1) is 0 Å². The zero-order valence-corrected chi connectivity index (χ0v) is 17.3. The van der Waals surface area contributed by atoms with Crippen molar-refractivity contribution < 1.29 is 14.3 Å². The van der Waals surface area contributed by atoms with E-state index in [2.05, 4.69) is 10.6 Å². The highest BCUT2D eigenvalue weighted by molar-refractivity contribution is 6.02. The molecule has 0 bridgehead atoms. The van der Waals surface area contributed by atoms with Crippen LogP contribution in [0.4, 0.5) is 10.5 Å². The van der Waals surface area contributed by atoms with E-state index in [9.17, 15) is 9.59 Å². The minimum Gasteiger partial charge on any atom is -0.444 e. The summed E-state index contributed by atoms with van der Waals surface area (Å²) >= 11 is 0. The van der Waals surface area contributed by atoms with Crippen LogP contribution >= 0.6 is 0 Å². The van der Waals surface area contributed by atoms with E-state index in [4.69, 9.17) is 10.1 Å². The molecule has 0 saturated carbocycles. The van der Waals surface area contributed by atoms with E-state index in [1.54, 1.807) is 37.8 Å². The third kappa shape index (κ3) is 6.95. The van der Waals surface area contributed by atoms with Gasteiger partial charge in [0, 0.05) is 24.3 Å². The highest BCUT2D eigenvalue weighted by Gasteiger charge is 2.19. The van der Waals surface area contributed by atoms with E-state index in [-0.39, 0.29) is 11.9 Å². The summed E-state index contributed by atoms with van der Waals surface area (Å²) in [5, 5.41) is 13.6. The lowest BCUT2D eigenvalue weighted by Crippen LogP contribution is -2.45. The van der Waals surface area contributed by atoms with Crippen LogP contribution in [0, 0.1) is 5.41 Å². The summed E-state index contributed by atoms with van der Waals surface area (Å²) in [5.41, 5.74) is 1.58. The minimum absolute atomic E-state index is 0.0766. The molecule has 0 saturated heterocycles. The number of carbonyl (C=O) groups is 2. The van der Waals surface area contributed by atoms with Crippen molar-refractivity contribution in [2.75, 3.05) is 11.4 Å². The lowest BCUT2D eigenvalue weighted by atomic mass is 10.1. The van der Waals surface area contributed by atoms with Crippen molar-refractivity contribution in [3.8, 4) is 0 Å². The molecule has 154 valence electrons. The largest absolute Gasteiger partial charge is 0.444 e. The fourth-order valence-corrected chi connectivity index (χ4v) is 2.65. The molecule has 7 nitrogen and oxygen atoms in total. The van der Waals surface area contributed by atoms with Crippen LogP contribution in [0.25, 0.3) is 0 Å². The monoisotopic (exact) mass is 396 g/mol. The number of benzene rings is 2. The Kier molecular flexibility index (Phi) is 7.36. The fourth-order valence-electron chi connectivity index (χ4n) is 2.65. The number of ether oxygens (including phenoxy) is 1. The molecule has 2 aromatic carbocycles. The maximum absolute atomic E-state index is 12.2. The average molecular weight is 396 g/mol. The molecule has 2 aromatic rings. The molecule has 29 heavy (non-hydrogen) atoms. The summed E-state index contributed by atoms with van der Waals surface area (Å²) in [4.78, 5) is 25.8. The number of nitrogens with one attached hydrogen (secondary N) is 3. The Hall–Kier alpha value is -3.35. The number of hydrogen-bond acceptors (Lipinski definition) is 4. The molecular weight excluding hydrogens is 368 g/mol. The topological polar surface area (TPSA) is 94.5 Å². The molecule has 0 heterocycles. The third-order valence-electron chi connectivity index (χ3n) is 3.92. The molecule has 0 aliphatic heterocycles. The third-order valence-corrected chi connectivity index (χ3v) is 3.92. The summed E-state index contributed by atoms with van der Waals surface area (Å²) in [5.74, 6) is -0.227. The van der Waals surface area contributed by atoms with Crippen LogP contribution in [-0.4, -0.2) is 30.1 Å². The molecule has 3 N–H and O–H groups in total. The van der Waals surface area contributed by atoms with Crippen LogP contribution in [0.2, 0.25) is 0 Å². The lowest BCUT2D eigenvalue weighted by Gasteiger charge is -2.26. The molecule has 0 spiro atoms. The molecule has 0 aromatic heterocycles. The number of amides is 2. The summed E-state index contributed by atoms with van der Waals surface area (Å²) in [6.07, 6.45) is -0.674. The maximum atomic E-state index is 12.2. The Balaban J connectivity index is 2.03. The molecule has 2 rings (SSSR count). The molecular formula is C22H28N4O3. The van der Waals surface area contributed by atoms with Gasteiger partial charge in [-0.25, -0.2) is 4.79 Å². The van der Waals surface area contributed by atoms with Crippen LogP contribution in [0.15, 0.2) is 54.6 Å². The van der Waals surface area contributed by atoms with Crippen molar-refractivity contribution in [3.05, 3.63) is 65.7 Å². The fraction of sp³-hybridized carbons (Fsp3) is 0.318. The molecule has 0 unspecified atom stereocenters. The number of rotatable bonds is 5. The molecule has 0 aliphatic rings. The van der Waals surface area contributed by atoms with Gasteiger partial charge in [0.1, 0.15) is 5.60 Å². The van der Waals surface area contributed by atoms with Crippen molar-refractivity contribution in [2.45, 2.75) is 39.8 Å². The second kappa shape index (κ2) is 9.73. The minimum atomic E-state index is -0.674. The Bertz CT molecular complexity index is 860. The van der Waals surface area contributed by atoms with E-state index in [1.807, 2.05) is 49.4 Å². The van der Waals surface area contributed by atoms with Crippen molar-refractivity contribution >= 4 is 23.6 Å². The van der Waals surface area contributed by atoms with Crippen LogP contribution in [-0.2, 0) is 11.3 Å². The summed E-state index contributed by atoms with van der Waals surface area (Å²) in [7, 11) is 0. The van der Waals surface area contributed by atoms with E-state index in [0.29, 0.717) is 18.7 Å².